The van der Waals surface area contributed by atoms with Gasteiger partial charge in [-0.05, 0) is 42.3 Å². The van der Waals surface area contributed by atoms with Crippen LogP contribution in [0.1, 0.15) is 37.4 Å². The Morgan fingerprint density at radius 2 is 1.81 bits per heavy atom. The van der Waals surface area contributed by atoms with Crippen LogP contribution in [0, 0.1) is 6.92 Å². The third-order valence-corrected chi connectivity index (χ3v) is 3.71. The van der Waals surface area contributed by atoms with Crippen LogP contribution in [0.25, 0.3) is 0 Å². The lowest BCUT2D eigenvalue weighted by Crippen LogP contribution is -2.34. The predicted molar refractivity (Wildman–Crippen MR) is 93.9 cm³/mol. The van der Waals surface area contributed by atoms with Crippen LogP contribution in [0.4, 0.5) is 0 Å². The Kier molecular flexibility index (Phi) is 7.26. The van der Waals surface area contributed by atoms with Crippen molar-refractivity contribution in [1.82, 2.24) is 10.8 Å². The van der Waals surface area contributed by atoms with E-state index in [9.17, 15) is 14.7 Å². The molecule has 9 heteroatoms. The molecule has 2 rings (SSSR count). The summed E-state index contributed by atoms with van der Waals surface area (Å²) < 4.78 is 0. The van der Waals surface area contributed by atoms with Crippen molar-refractivity contribution < 1.29 is 34.8 Å². The van der Waals surface area contributed by atoms with Crippen molar-refractivity contribution in [2.45, 2.75) is 20.1 Å². The summed E-state index contributed by atoms with van der Waals surface area (Å²) in [5.74, 6) is -1.71. The molecule has 0 aromatic heterocycles. The van der Waals surface area contributed by atoms with Crippen LogP contribution in [0.15, 0.2) is 36.4 Å². The third kappa shape index (κ3) is 5.76. The van der Waals surface area contributed by atoms with E-state index in [1.807, 2.05) is 0 Å². The number of amides is 1. The number of carboxylic acid groups (broad SMARTS) is 1. The molecule has 0 saturated heterocycles. The second-order valence-electron chi connectivity index (χ2n) is 5.70. The standard InChI is InChI=1S/C18H20N2O7/c1-11-2-5-15(18(23)24)16(6-11)17(22)19-10-20-26-8-12-3-4-14(21)7-13(12)9-27-25/h2-7,20-21,25H,8-10H2,1H3,(H,19,22)(H,23,24). The van der Waals surface area contributed by atoms with E-state index < -0.39 is 11.9 Å². The van der Waals surface area contributed by atoms with Gasteiger partial charge in [-0.1, -0.05) is 17.7 Å². The average Bonchev–Trinajstić information content (AvgIpc) is 2.62. The van der Waals surface area contributed by atoms with Crippen molar-refractivity contribution in [1.29, 1.82) is 0 Å². The lowest BCUT2D eigenvalue weighted by molar-refractivity contribution is -0.253. The zero-order valence-electron chi connectivity index (χ0n) is 14.6. The molecular formula is C18H20N2O7. The maximum absolute atomic E-state index is 12.2. The van der Waals surface area contributed by atoms with Crippen molar-refractivity contribution >= 4 is 11.9 Å². The number of carboxylic acids is 1. The predicted octanol–water partition coefficient (Wildman–Crippen LogP) is 1.80. The van der Waals surface area contributed by atoms with Crippen molar-refractivity contribution in [2.24, 2.45) is 0 Å². The summed E-state index contributed by atoms with van der Waals surface area (Å²) in [5.41, 5.74) is 4.47. The zero-order chi connectivity index (χ0) is 19.8. The van der Waals surface area contributed by atoms with E-state index in [0.717, 1.165) is 5.56 Å². The lowest BCUT2D eigenvalue weighted by atomic mass is 10.0. The number of carbonyl (C=O) groups excluding carboxylic acids is 1. The number of benzene rings is 2. The molecule has 5 N–H and O–H groups in total. The minimum absolute atomic E-state index is 0.0263. The first-order valence-corrected chi connectivity index (χ1v) is 7.96. The lowest BCUT2D eigenvalue weighted by Gasteiger charge is -2.12. The molecule has 0 aliphatic rings. The largest absolute Gasteiger partial charge is 0.508 e. The number of hydrogen-bond donors (Lipinski definition) is 5. The van der Waals surface area contributed by atoms with Gasteiger partial charge in [0.05, 0.1) is 24.4 Å². The maximum Gasteiger partial charge on any atom is 0.336 e. The SMILES string of the molecule is Cc1ccc(C(=O)O)c(C(=O)NCNOCc2ccc(O)cc2COO)c1. The number of aryl methyl sites for hydroxylation is 1. The smallest absolute Gasteiger partial charge is 0.336 e. The van der Waals surface area contributed by atoms with Gasteiger partial charge in [0, 0.05) is 0 Å². The minimum Gasteiger partial charge on any atom is -0.508 e. The normalized spacial score (nSPS) is 10.6. The van der Waals surface area contributed by atoms with Gasteiger partial charge in [-0.15, -0.1) is 0 Å². The average molecular weight is 376 g/mol. The molecule has 2 aromatic rings. The molecule has 0 spiro atoms. The Morgan fingerprint density at radius 1 is 1.04 bits per heavy atom. The van der Waals surface area contributed by atoms with Gasteiger partial charge in [-0.25, -0.2) is 9.68 Å². The first-order chi connectivity index (χ1) is 12.9. The number of aromatic hydroxyl groups is 1. The summed E-state index contributed by atoms with van der Waals surface area (Å²) in [7, 11) is 0. The monoisotopic (exact) mass is 376 g/mol. The number of rotatable bonds is 9. The van der Waals surface area contributed by atoms with Gasteiger partial charge in [0.25, 0.3) is 5.91 Å². The summed E-state index contributed by atoms with van der Waals surface area (Å²) in [5, 5.41) is 29.7. The molecule has 0 fully saturated rings. The number of nitrogens with one attached hydrogen (secondary N) is 2. The van der Waals surface area contributed by atoms with Gasteiger partial charge >= 0.3 is 5.97 Å². The molecule has 0 atom stereocenters. The second kappa shape index (κ2) is 9.64. The van der Waals surface area contributed by atoms with Crippen molar-refractivity contribution in [2.75, 3.05) is 6.67 Å². The summed E-state index contributed by atoms with van der Waals surface area (Å²) in [6.07, 6.45) is 0. The summed E-state index contributed by atoms with van der Waals surface area (Å²) in [4.78, 5) is 32.7. The number of phenolic OH excluding ortho intramolecular Hbond substituents is 1. The van der Waals surface area contributed by atoms with Gasteiger partial charge in [-0.3, -0.25) is 14.9 Å². The van der Waals surface area contributed by atoms with Gasteiger partial charge in [0.1, 0.15) is 12.4 Å². The fraction of sp³-hybridized carbons (Fsp3) is 0.222. The number of aromatic carboxylic acids is 1. The van der Waals surface area contributed by atoms with Crippen LogP contribution in [0.5, 0.6) is 5.75 Å². The Labute approximate surface area is 155 Å². The van der Waals surface area contributed by atoms with Gasteiger partial charge in [0.15, 0.2) is 0 Å². The molecule has 0 aliphatic heterocycles. The highest BCUT2D eigenvalue weighted by molar-refractivity contribution is 6.04. The van der Waals surface area contributed by atoms with Crippen LogP contribution < -0.4 is 10.8 Å². The first kappa shape index (κ1) is 20.3. The van der Waals surface area contributed by atoms with Gasteiger partial charge in [0.2, 0.25) is 0 Å². The number of hydroxylamine groups is 1. The fourth-order valence-electron chi connectivity index (χ4n) is 2.38. The van der Waals surface area contributed by atoms with Gasteiger partial charge in [-0.2, -0.15) is 5.48 Å². The number of hydrogen-bond acceptors (Lipinski definition) is 7. The quantitative estimate of drug-likeness (QED) is 0.193. The fourth-order valence-corrected chi connectivity index (χ4v) is 2.38. The molecule has 0 radical (unpaired) electrons. The Morgan fingerprint density at radius 3 is 2.52 bits per heavy atom. The van der Waals surface area contributed by atoms with Crippen LogP contribution >= 0.6 is 0 Å². The van der Waals surface area contributed by atoms with E-state index in [1.165, 1.54) is 24.3 Å². The van der Waals surface area contributed by atoms with E-state index in [2.05, 4.69) is 15.7 Å². The third-order valence-electron chi connectivity index (χ3n) is 3.71. The van der Waals surface area contributed by atoms with Crippen LogP contribution in [0.3, 0.4) is 0 Å². The van der Waals surface area contributed by atoms with Gasteiger partial charge < -0.3 is 15.5 Å². The molecule has 9 nitrogen and oxygen atoms in total. The van der Waals surface area contributed by atoms with E-state index in [4.69, 9.17) is 15.2 Å². The first-order valence-electron chi connectivity index (χ1n) is 7.96. The molecule has 144 valence electrons. The molecule has 0 unspecified atom stereocenters. The zero-order valence-corrected chi connectivity index (χ0v) is 14.6. The van der Waals surface area contributed by atoms with Crippen LogP contribution in [0.2, 0.25) is 0 Å². The molecule has 0 heterocycles. The Hall–Kier alpha value is -2.98. The molecule has 27 heavy (non-hydrogen) atoms. The Balaban J connectivity index is 1.87. The van der Waals surface area contributed by atoms with Crippen LogP contribution in [-0.4, -0.2) is 34.0 Å². The van der Waals surface area contributed by atoms with Crippen LogP contribution in [-0.2, 0) is 22.9 Å². The van der Waals surface area contributed by atoms with Crippen molar-refractivity contribution in [3.63, 3.8) is 0 Å². The second-order valence-corrected chi connectivity index (χ2v) is 5.70. The van der Waals surface area contributed by atoms with Crippen molar-refractivity contribution in [3.8, 4) is 5.75 Å². The van der Waals surface area contributed by atoms with E-state index in [1.54, 1.807) is 19.1 Å². The molecule has 0 bridgehead atoms. The number of phenols is 1. The summed E-state index contributed by atoms with van der Waals surface area (Å²) in [6, 6.07) is 9.00. The van der Waals surface area contributed by atoms with E-state index >= 15 is 0 Å². The highest BCUT2D eigenvalue weighted by Crippen LogP contribution is 2.18. The molecule has 0 aliphatic carbocycles. The molecule has 0 saturated carbocycles. The topological polar surface area (TPSA) is 137 Å². The summed E-state index contributed by atoms with van der Waals surface area (Å²) in [6.45, 7) is 1.67. The van der Waals surface area contributed by atoms with Crippen molar-refractivity contribution in [3.05, 3.63) is 64.2 Å². The minimum atomic E-state index is -1.18. The maximum atomic E-state index is 12.2. The molecular weight excluding hydrogens is 356 g/mol. The number of carbonyl (C=O) groups is 2. The highest BCUT2D eigenvalue weighted by Gasteiger charge is 2.16. The van der Waals surface area contributed by atoms with E-state index in [0.29, 0.717) is 11.1 Å². The summed E-state index contributed by atoms with van der Waals surface area (Å²) >= 11 is 0. The van der Waals surface area contributed by atoms with E-state index in [-0.39, 0.29) is 36.8 Å². The highest BCUT2D eigenvalue weighted by atomic mass is 17.1. The molecule has 2 aromatic carbocycles. The molecule has 1 amide bonds. The Bertz CT molecular complexity index is 823.